The fourth-order valence-corrected chi connectivity index (χ4v) is 5.55. The van der Waals surface area contributed by atoms with Crippen molar-refractivity contribution in [2.75, 3.05) is 6.61 Å². The standard InChI is InChI=1S/C31H31FN2O3S/c1-4-36-29(35)16-25(21-10-11-21)22-6-5-7-24(15-22)37-18-23-17-33-30(26-14-19(2)8-12-27(26)32)31(34-23)28-13-9-20(3)38-28/h5-9,12-15,17,21,25H,4,10-11,16,18H2,1-3H3/t25-/m0/s1. The van der Waals surface area contributed by atoms with E-state index in [1.165, 1.54) is 6.07 Å². The SMILES string of the molecule is CCOC(=O)C[C@H](c1cccc(OCc2cnc(-c3cc(C)ccc3F)c(-c3ccc(C)s3)n2)c1)C1CC1. The van der Waals surface area contributed by atoms with Gasteiger partial charge in [-0.3, -0.25) is 9.78 Å². The topological polar surface area (TPSA) is 61.3 Å². The Kier molecular flexibility index (Phi) is 7.84. The normalized spacial score (nSPS) is 13.8. The van der Waals surface area contributed by atoms with Crippen molar-refractivity contribution in [3.05, 3.63) is 88.3 Å². The Morgan fingerprint density at radius 3 is 2.68 bits per heavy atom. The zero-order valence-corrected chi connectivity index (χ0v) is 22.7. The lowest BCUT2D eigenvalue weighted by Gasteiger charge is -2.17. The molecule has 5 rings (SSSR count). The lowest BCUT2D eigenvalue weighted by Crippen LogP contribution is -2.12. The highest BCUT2D eigenvalue weighted by atomic mass is 32.1. The highest BCUT2D eigenvalue weighted by Crippen LogP contribution is 2.45. The molecule has 0 saturated heterocycles. The maximum Gasteiger partial charge on any atom is 0.306 e. The third kappa shape index (κ3) is 6.10. The van der Waals surface area contributed by atoms with Crippen molar-refractivity contribution in [2.45, 2.75) is 52.6 Å². The molecule has 0 amide bonds. The second kappa shape index (κ2) is 11.4. The van der Waals surface area contributed by atoms with Crippen molar-refractivity contribution in [2.24, 2.45) is 5.92 Å². The van der Waals surface area contributed by atoms with Crippen molar-refractivity contribution >= 4 is 17.3 Å². The van der Waals surface area contributed by atoms with Gasteiger partial charge < -0.3 is 9.47 Å². The van der Waals surface area contributed by atoms with E-state index >= 15 is 0 Å². The van der Waals surface area contributed by atoms with Crippen molar-refractivity contribution in [3.63, 3.8) is 0 Å². The monoisotopic (exact) mass is 530 g/mol. The van der Waals surface area contributed by atoms with Gasteiger partial charge >= 0.3 is 5.97 Å². The van der Waals surface area contributed by atoms with Crippen LogP contribution in [0.1, 0.15) is 53.8 Å². The third-order valence-electron chi connectivity index (χ3n) is 6.73. The van der Waals surface area contributed by atoms with E-state index in [-0.39, 0.29) is 24.3 Å². The zero-order valence-electron chi connectivity index (χ0n) is 21.9. The van der Waals surface area contributed by atoms with Gasteiger partial charge in [-0.25, -0.2) is 9.37 Å². The second-order valence-corrected chi connectivity index (χ2v) is 11.1. The minimum Gasteiger partial charge on any atom is -0.487 e. The molecule has 2 heterocycles. The Balaban J connectivity index is 1.39. The summed E-state index contributed by atoms with van der Waals surface area (Å²) < 4.78 is 26.1. The summed E-state index contributed by atoms with van der Waals surface area (Å²) in [6.07, 6.45) is 4.29. The van der Waals surface area contributed by atoms with Crippen molar-refractivity contribution in [3.8, 4) is 27.6 Å². The van der Waals surface area contributed by atoms with Crippen molar-refractivity contribution < 1.29 is 18.7 Å². The maximum atomic E-state index is 14.8. The maximum absolute atomic E-state index is 14.8. The van der Waals surface area contributed by atoms with E-state index in [2.05, 4.69) is 11.1 Å². The summed E-state index contributed by atoms with van der Waals surface area (Å²) in [5.74, 6) is 0.864. The van der Waals surface area contributed by atoms with E-state index in [9.17, 15) is 9.18 Å². The van der Waals surface area contributed by atoms with Gasteiger partial charge in [-0.1, -0.05) is 23.8 Å². The summed E-state index contributed by atoms with van der Waals surface area (Å²) in [4.78, 5) is 23.8. The number of benzene rings is 2. The molecule has 0 bridgehead atoms. The van der Waals surface area contributed by atoms with E-state index in [0.717, 1.165) is 33.7 Å². The molecule has 1 atom stereocenters. The molecule has 1 aliphatic carbocycles. The Morgan fingerprint density at radius 1 is 1.11 bits per heavy atom. The Morgan fingerprint density at radius 2 is 1.95 bits per heavy atom. The summed E-state index contributed by atoms with van der Waals surface area (Å²) in [5.41, 5.74) is 4.29. The first-order valence-corrected chi connectivity index (χ1v) is 13.8. The number of ether oxygens (including phenoxy) is 2. The number of esters is 1. The molecule has 0 N–H and O–H groups in total. The molecular formula is C31H31FN2O3S. The molecule has 38 heavy (non-hydrogen) atoms. The second-order valence-electron chi connectivity index (χ2n) is 9.77. The van der Waals surface area contributed by atoms with Gasteiger partial charge in [-0.15, -0.1) is 11.3 Å². The van der Waals surface area contributed by atoms with E-state index in [1.807, 2.05) is 51.1 Å². The first-order valence-electron chi connectivity index (χ1n) is 13.0. The van der Waals surface area contributed by atoms with Gasteiger partial charge in [0.25, 0.3) is 0 Å². The summed E-state index contributed by atoms with van der Waals surface area (Å²) in [7, 11) is 0. The highest BCUT2D eigenvalue weighted by Gasteiger charge is 2.34. The number of hydrogen-bond acceptors (Lipinski definition) is 6. The van der Waals surface area contributed by atoms with Crippen LogP contribution in [0.15, 0.2) is 60.8 Å². The van der Waals surface area contributed by atoms with Crippen LogP contribution in [0.4, 0.5) is 4.39 Å². The highest BCUT2D eigenvalue weighted by molar-refractivity contribution is 7.15. The van der Waals surface area contributed by atoms with Gasteiger partial charge in [-0.05, 0) is 87.4 Å². The summed E-state index contributed by atoms with van der Waals surface area (Å²) in [5, 5.41) is 0. The Labute approximate surface area is 226 Å². The number of thiophene rings is 1. The smallest absolute Gasteiger partial charge is 0.306 e. The average molecular weight is 531 g/mol. The molecule has 1 aliphatic rings. The van der Waals surface area contributed by atoms with Gasteiger partial charge in [0.2, 0.25) is 0 Å². The molecule has 1 fully saturated rings. The number of rotatable bonds is 10. The van der Waals surface area contributed by atoms with Crippen LogP contribution in [0.3, 0.4) is 0 Å². The first kappa shape index (κ1) is 26.0. The minimum absolute atomic E-state index is 0.134. The predicted molar refractivity (Wildman–Crippen MR) is 148 cm³/mol. The molecule has 2 aromatic carbocycles. The number of halogens is 1. The van der Waals surface area contributed by atoms with E-state index in [1.54, 1.807) is 29.7 Å². The summed E-state index contributed by atoms with van der Waals surface area (Å²) in [6.45, 7) is 6.41. The van der Waals surface area contributed by atoms with Crippen molar-refractivity contribution in [1.82, 2.24) is 9.97 Å². The van der Waals surface area contributed by atoms with Crippen LogP contribution in [-0.4, -0.2) is 22.5 Å². The number of aromatic nitrogens is 2. The molecular weight excluding hydrogens is 499 g/mol. The van der Waals surface area contributed by atoms with Crippen LogP contribution in [0.2, 0.25) is 0 Å². The molecule has 1 saturated carbocycles. The van der Waals surface area contributed by atoms with E-state index in [0.29, 0.717) is 47.3 Å². The van der Waals surface area contributed by atoms with E-state index < -0.39 is 0 Å². The minimum atomic E-state index is -0.326. The summed E-state index contributed by atoms with van der Waals surface area (Å²) in [6, 6.07) is 17.0. The van der Waals surface area contributed by atoms with E-state index in [4.69, 9.17) is 14.5 Å². The van der Waals surface area contributed by atoms with Crippen LogP contribution in [0, 0.1) is 25.6 Å². The number of carbonyl (C=O) groups excluding carboxylic acids is 1. The molecule has 0 unspecified atom stereocenters. The fraction of sp³-hybridized carbons (Fsp3) is 0.323. The molecule has 4 aromatic rings. The molecule has 196 valence electrons. The average Bonchev–Trinajstić information content (AvgIpc) is 3.67. The molecule has 0 spiro atoms. The fourth-order valence-electron chi connectivity index (χ4n) is 4.69. The number of aryl methyl sites for hydroxylation is 2. The number of carbonyl (C=O) groups is 1. The van der Waals surface area contributed by atoms with Crippen LogP contribution >= 0.6 is 11.3 Å². The molecule has 5 nitrogen and oxygen atoms in total. The van der Waals surface area contributed by atoms with Crippen molar-refractivity contribution in [1.29, 1.82) is 0 Å². The predicted octanol–water partition coefficient (Wildman–Crippen LogP) is 7.65. The zero-order chi connectivity index (χ0) is 26.6. The van der Waals surface area contributed by atoms with Crippen LogP contribution < -0.4 is 4.74 Å². The molecule has 0 radical (unpaired) electrons. The Bertz CT molecular complexity index is 1450. The lowest BCUT2D eigenvalue weighted by atomic mass is 9.91. The Hall–Kier alpha value is -3.58. The third-order valence-corrected chi connectivity index (χ3v) is 7.74. The molecule has 7 heteroatoms. The number of hydrogen-bond donors (Lipinski definition) is 0. The first-order chi connectivity index (χ1) is 18.4. The van der Waals surface area contributed by atoms with Crippen LogP contribution in [-0.2, 0) is 16.1 Å². The largest absolute Gasteiger partial charge is 0.487 e. The van der Waals surface area contributed by atoms with Gasteiger partial charge in [0.15, 0.2) is 0 Å². The van der Waals surface area contributed by atoms with Crippen LogP contribution in [0.25, 0.3) is 21.8 Å². The quantitative estimate of drug-likeness (QED) is 0.197. The summed E-state index contributed by atoms with van der Waals surface area (Å²) >= 11 is 1.60. The van der Waals surface area contributed by atoms with Crippen LogP contribution in [0.5, 0.6) is 5.75 Å². The molecule has 2 aromatic heterocycles. The number of nitrogens with zero attached hydrogens (tertiary/aromatic N) is 2. The van der Waals surface area contributed by atoms with Gasteiger partial charge in [0.05, 0.1) is 29.8 Å². The lowest BCUT2D eigenvalue weighted by molar-refractivity contribution is -0.143. The van der Waals surface area contributed by atoms with Gasteiger partial charge in [-0.2, -0.15) is 0 Å². The van der Waals surface area contributed by atoms with Gasteiger partial charge in [0.1, 0.15) is 29.6 Å². The molecule has 0 aliphatic heterocycles. The van der Waals surface area contributed by atoms with Gasteiger partial charge in [0, 0.05) is 10.4 Å².